The Bertz CT molecular complexity index is 559. The minimum Gasteiger partial charge on any atom is -0.479 e. The van der Waals surface area contributed by atoms with Gasteiger partial charge in [0.2, 0.25) is 5.91 Å². The lowest BCUT2D eigenvalue weighted by atomic mass is 9.97. The average molecular weight is 360 g/mol. The molecule has 0 radical (unpaired) electrons. The Labute approximate surface area is 144 Å². The summed E-state index contributed by atoms with van der Waals surface area (Å²) in [5.41, 5.74) is 10.9. The van der Waals surface area contributed by atoms with Gasteiger partial charge in [-0.05, 0) is 6.92 Å². The maximum Gasteiger partial charge on any atom is 0.333 e. The summed E-state index contributed by atoms with van der Waals surface area (Å²) in [6.07, 6.45) is -5.27. The number of hydrogen-bond donors (Lipinski definition) is 6. The minimum absolute atomic E-state index is 0.0735. The monoisotopic (exact) mass is 360 g/mol. The van der Waals surface area contributed by atoms with Gasteiger partial charge < -0.3 is 41.6 Å². The smallest absolute Gasteiger partial charge is 0.333 e. The largest absolute Gasteiger partial charge is 0.479 e. The van der Waals surface area contributed by atoms with Gasteiger partial charge >= 0.3 is 5.97 Å². The highest BCUT2D eigenvalue weighted by Gasteiger charge is 2.41. The number of carbonyl (C=O) groups is 2. The predicted molar refractivity (Wildman–Crippen MR) is 86.1 cm³/mol. The van der Waals surface area contributed by atoms with Crippen LogP contribution in [0.3, 0.4) is 0 Å². The molecule has 0 spiro atoms. The van der Waals surface area contributed by atoms with E-state index in [0.29, 0.717) is 0 Å². The molecule has 8 N–H and O–H groups in total. The number of carboxylic acid groups (broad SMARTS) is 1. The third-order valence-electron chi connectivity index (χ3n) is 3.36. The van der Waals surface area contributed by atoms with E-state index in [0.717, 1.165) is 0 Å². The number of rotatable bonds is 8. The molecule has 0 aromatic rings. The zero-order valence-corrected chi connectivity index (χ0v) is 14.0. The van der Waals surface area contributed by atoms with Gasteiger partial charge in [-0.3, -0.25) is 4.79 Å². The number of ether oxygens (including phenoxy) is 2. The number of aliphatic hydroxyl groups excluding tert-OH is 2. The number of hydrogen-bond acceptors (Lipinski definition) is 7. The van der Waals surface area contributed by atoms with Crippen LogP contribution in [0.15, 0.2) is 16.4 Å². The van der Waals surface area contributed by atoms with Crippen LogP contribution < -0.4 is 16.8 Å². The Kier molecular flexibility index (Phi) is 7.77. The molecule has 25 heavy (non-hydrogen) atoms. The van der Waals surface area contributed by atoms with E-state index < -0.39 is 42.9 Å². The number of carboxylic acids is 1. The molecule has 11 heteroatoms. The molecule has 0 aromatic heterocycles. The van der Waals surface area contributed by atoms with Crippen molar-refractivity contribution in [1.29, 1.82) is 0 Å². The van der Waals surface area contributed by atoms with Crippen molar-refractivity contribution in [2.45, 2.75) is 44.7 Å². The molecular formula is C14H24N4O7. The topological polar surface area (TPSA) is 190 Å². The van der Waals surface area contributed by atoms with E-state index in [9.17, 15) is 24.9 Å². The summed E-state index contributed by atoms with van der Waals surface area (Å²) in [6.45, 7) is 2.36. The molecule has 1 heterocycles. The Morgan fingerprint density at radius 3 is 2.56 bits per heavy atom. The van der Waals surface area contributed by atoms with Gasteiger partial charge in [0.25, 0.3) is 0 Å². The highest BCUT2D eigenvalue weighted by atomic mass is 16.6. The van der Waals surface area contributed by atoms with Gasteiger partial charge in [-0.1, -0.05) is 0 Å². The molecule has 0 aromatic carbocycles. The van der Waals surface area contributed by atoms with Crippen LogP contribution in [0, 0.1) is 0 Å². The van der Waals surface area contributed by atoms with Crippen molar-refractivity contribution in [3.05, 3.63) is 11.4 Å². The van der Waals surface area contributed by atoms with Gasteiger partial charge in [0.15, 0.2) is 12.1 Å². The first-order chi connectivity index (χ1) is 11.7. The van der Waals surface area contributed by atoms with Crippen molar-refractivity contribution in [1.82, 2.24) is 5.32 Å². The zero-order chi connectivity index (χ0) is 19.1. The normalized spacial score (nSPS) is 22.9. The van der Waals surface area contributed by atoms with Crippen molar-refractivity contribution >= 4 is 17.8 Å². The zero-order valence-electron chi connectivity index (χ0n) is 14.0. The van der Waals surface area contributed by atoms with Crippen molar-refractivity contribution in [3.8, 4) is 0 Å². The van der Waals surface area contributed by atoms with E-state index in [1.54, 1.807) is 6.92 Å². The molecule has 0 bridgehead atoms. The second kappa shape index (κ2) is 9.32. The van der Waals surface area contributed by atoms with Crippen LogP contribution in [0.5, 0.6) is 0 Å². The van der Waals surface area contributed by atoms with Crippen LogP contribution in [0.2, 0.25) is 0 Å². The van der Waals surface area contributed by atoms with Gasteiger partial charge in [0.05, 0.1) is 18.0 Å². The highest BCUT2D eigenvalue weighted by molar-refractivity contribution is 5.79. The molecule has 0 fully saturated rings. The second-order valence-electron chi connectivity index (χ2n) is 5.34. The number of aliphatic hydroxyl groups is 2. The third kappa shape index (κ3) is 5.67. The van der Waals surface area contributed by atoms with E-state index in [2.05, 4.69) is 10.3 Å². The SMILES string of the molecule is CCOC(C1OC(C(=O)O)CC(N=C(N)N)=C1NC(C)=O)[C@@H](O)CO. The predicted octanol–water partition coefficient (Wildman–Crippen LogP) is -2.39. The molecule has 0 saturated carbocycles. The number of aliphatic imine (C=N–C) groups is 1. The summed E-state index contributed by atoms with van der Waals surface area (Å²) in [7, 11) is 0. The second-order valence-corrected chi connectivity index (χ2v) is 5.34. The maximum absolute atomic E-state index is 11.5. The number of amides is 1. The maximum atomic E-state index is 11.5. The molecule has 1 amide bonds. The number of nitrogens with zero attached hydrogens (tertiary/aromatic N) is 1. The van der Waals surface area contributed by atoms with Crippen molar-refractivity contribution in [2.75, 3.05) is 13.2 Å². The van der Waals surface area contributed by atoms with Crippen LogP contribution in [-0.4, -0.2) is 70.8 Å². The molecule has 3 unspecified atom stereocenters. The summed E-state index contributed by atoms with van der Waals surface area (Å²) in [4.78, 5) is 26.8. The fraction of sp³-hybridized carbons (Fsp3) is 0.643. The summed E-state index contributed by atoms with van der Waals surface area (Å²) in [5.74, 6) is -2.09. The van der Waals surface area contributed by atoms with E-state index in [4.69, 9.17) is 20.9 Å². The van der Waals surface area contributed by atoms with Gasteiger partial charge in [-0.15, -0.1) is 0 Å². The van der Waals surface area contributed by atoms with E-state index >= 15 is 0 Å². The van der Waals surface area contributed by atoms with Gasteiger partial charge in [0, 0.05) is 20.0 Å². The molecule has 0 aliphatic carbocycles. The van der Waals surface area contributed by atoms with Crippen LogP contribution in [0.25, 0.3) is 0 Å². The number of guanidine groups is 1. The molecule has 1 aliphatic rings. The number of nitrogens with two attached hydrogens (primary N) is 2. The summed E-state index contributed by atoms with van der Waals surface area (Å²) >= 11 is 0. The van der Waals surface area contributed by atoms with Crippen LogP contribution in [0.4, 0.5) is 0 Å². The van der Waals surface area contributed by atoms with Gasteiger partial charge in [-0.25, -0.2) is 9.79 Å². The fourth-order valence-corrected chi connectivity index (χ4v) is 2.42. The quantitative estimate of drug-likeness (QED) is 0.202. The van der Waals surface area contributed by atoms with Gasteiger partial charge in [0.1, 0.15) is 18.3 Å². The van der Waals surface area contributed by atoms with Crippen molar-refractivity contribution in [3.63, 3.8) is 0 Å². The summed E-state index contributed by atoms with van der Waals surface area (Å²) in [5, 5.41) is 31.0. The first kappa shape index (κ1) is 20.8. The number of carbonyl (C=O) groups excluding carboxylic acids is 1. The highest BCUT2D eigenvalue weighted by Crippen LogP contribution is 2.29. The van der Waals surface area contributed by atoms with Gasteiger partial charge in [-0.2, -0.15) is 0 Å². The minimum atomic E-state index is -1.39. The van der Waals surface area contributed by atoms with Crippen LogP contribution in [0.1, 0.15) is 20.3 Å². The molecule has 11 nitrogen and oxygen atoms in total. The molecule has 142 valence electrons. The van der Waals surface area contributed by atoms with Crippen LogP contribution in [-0.2, 0) is 19.1 Å². The first-order valence-electron chi connectivity index (χ1n) is 7.60. The van der Waals surface area contributed by atoms with Crippen molar-refractivity contribution < 1.29 is 34.4 Å². The van der Waals surface area contributed by atoms with Crippen molar-refractivity contribution in [2.24, 2.45) is 16.5 Å². The van der Waals surface area contributed by atoms with E-state index in [1.165, 1.54) is 6.92 Å². The number of aliphatic carboxylic acids is 1. The Balaban J connectivity index is 3.45. The summed E-state index contributed by atoms with van der Waals surface area (Å²) < 4.78 is 10.9. The average Bonchev–Trinajstić information content (AvgIpc) is 2.52. The third-order valence-corrected chi connectivity index (χ3v) is 3.36. The molecule has 0 saturated heterocycles. The van der Waals surface area contributed by atoms with Crippen LogP contribution >= 0.6 is 0 Å². The fourth-order valence-electron chi connectivity index (χ4n) is 2.42. The Morgan fingerprint density at radius 2 is 2.12 bits per heavy atom. The standard InChI is InChI=1S/C14H24N4O7/c1-3-24-11(8(21)5-19)12-10(17-6(2)20)7(18-14(15)16)4-9(25-12)13(22)23/h8-9,11-12,19,21H,3-5H2,1-2H3,(H,17,20)(H,22,23)(H4,15,16,18)/t8-,9?,11?,12?/m0/s1. The molecule has 1 rings (SSSR count). The lowest BCUT2D eigenvalue weighted by Crippen LogP contribution is -2.52. The van der Waals surface area contributed by atoms with E-state index in [-0.39, 0.29) is 30.4 Å². The Morgan fingerprint density at radius 1 is 1.48 bits per heavy atom. The first-order valence-corrected chi connectivity index (χ1v) is 7.60. The summed E-state index contributed by atoms with van der Waals surface area (Å²) in [6, 6.07) is 0. The molecule has 4 atom stereocenters. The molecule has 1 aliphatic heterocycles. The Hall–Kier alpha value is -2.21. The number of nitrogens with one attached hydrogen (secondary N) is 1. The lowest BCUT2D eigenvalue weighted by Gasteiger charge is -2.37. The molecular weight excluding hydrogens is 336 g/mol. The van der Waals surface area contributed by atoms with E-state index in [1.807, 2.05) is 0 Å². The lowest BCUT2D eigenvalue weighted by molar-refractivity contribution is -0.170.